The van der Waals surface area contributed by atoms with Crippen molar-refractivity contribution in [1.82, 2.24) is 14.6 Å². The van der Waals surface area contributed by atoms with E-state index in [1.807, 2.05) is 6.07 Å². The lowest BCUT2D eigenvalue weighted by Crippen LogP contribution is -2.21. The van der Waals surface area contributed by atoms with Crippen molar-refractivity contribution in [2.24, 2.45) is 0 Å². The molecule has 3 heterocycles. The van der Waals surface area contributed by atoms with Crippen molar-refractivity contribution in [1.29, 1.82) is 0 Å². The Morgan fingerprint density at radius 3 is 3.25 bits per heavy atom. The van der Waals surface area contributed by atoms with Crippen LogP contribution in [0.1, 0.15) is 24.6 Å². The quantitative estimate of drug-likeness (QED) is 0.775. The molecule has 1 fully saturated rings. The first-order valence-electron chi connectivity index (χ1n) is 5.50. The number of aromatic nitrogens is 3. The van der Waals surface area contributed by atoms with Crippen LogP contribution >= 0.6 is 0 Å². The van der Waals surface area contributed by atoms with E-state index in [1.165, 1.54) is 0 Å². The molecule has 0 aliphatic carbocycles. The molecular formula is C11H13N3O2. The molecule has 1 unspecified atom stereocenters. The Bertz CT molecular complexity index is 552. The van der Waals surface area contributed by atoms with E-state index >= 15 is 0 Å². The molecule has 1 saturated heterocycles. The number of ether oxygens (including phenoxy) is 1. The number of rotatable bonds is 1. The molecule has 1 aliphatic rings. The van der Waals surface area contributed by atoms with Crippen molar-refractivity contribution in [3.63, 3.8) is 0 Å². The van der Waals surface area contributed by atoms with E-state index in [-0.39, 0.29) is 11.5 Å². The second kappa shape index (κ2) is 3.75. The van der Waals surface area contributed by atoms with Gasteiger partial charge in [0, 0.05) is 18.6 Å². The summed E-state index contributed by atoms with van der Waals surface area (Å²) in [6.07, 6.45) is 2.06. The van der Waals surface area contributed by atoms with Crippen LogP contribution in [0.2, 0.25) is 0 Å². The Hall–Kier alpha value is -1.62. The number of hydrogen-bond acceptors (Lipinski definition) is 3. The fourth-order valence-corrected chi connectivity index (χ4v) is 2.20. The topological polar surface area (TPSA) is 59.4 Å². The normalized spacial score (nSPS) is 21.4. The van der Waals surface area contributed by atoms with Gasteiger partial charge in [-0.1, -0.05) is 6.07 Å². The Morgan fingerprint density at radius 1 is 1.50 bits per heavy atom. The number of H-pyrrole nitrogens is 1. The van der Waals surface area contributed by atoms with Crippen LogP contribution in [0.4, 0.5) is 0 Å². The van der Waals surface area contributed by atoms with E-state index < -0.39 is 0 Å². The van der Waals surface area contributed by atoms with E-state index in [0.717, 1.165) is 30.9 Å². The number of pyridine rings is 1. The van der Waals surface area contributed by atoms with Gasteiger partial charge in [-0.25, -0.2) is 4.40 Å². The molecule has 0 saturated carbocycles. The molecule has 0 radical (unpaired) electrons. The van der Waals surface area contributed by atoms with Crippen molar-refractivity contribution in [3.05, 3.63) is 34.4 Å². The number of nitrogens with zero attached hydrogens (tertiary/aromatic N) is 2. The highest BCUT2D eigenvalue weighted by Crippen LogP contribution is 2.23. The molecule has 1 atom stereocenters. The molecule has 16 heavy (non-hydrogen) atoms. The average Bonchev–Trinajstić information content (AvgIpc) is 2.75. The monoisotopic (exact) mass is 219 g/mol. The molecule has 2 aromatic rings. The molecule has 2 aromatic heterocycles. The maximum absolute atomic E-state index is 11.8. The highest BCUT2D eigenvalue weighted by Gasteiger charge is 2.21. The molecule has 0 amide bonds. The summed E-state index contributed by atoms with van der Waals surface area (Å²) >= 11 is 0. The average molecular weight is 219 g/mol. The van der Waals surface area contributed by atoms with Gasteiger partial charge in [0.25, 0.3) is 5.56 Å². The van der Waals surface area contributed by atoms with Crippen LogP contribution in [-0.4, -0.2) is 27.8 Å². The largest absolute Gasteiger partial charge is 0.381 e. The summed E-state index contributed by atoms with van der Waals surface area (Å²) < 4.78 is 7.06. The fourth-order valence-electron chi connectivity index (χ4n) is 2.20. The predicted octanol–water partition coefficient (Wildman–Crippen LogP) is 0.917. The van der Waals surface area contributed by atoms with Crippen LogP contribution < -0.4 is 5.56 Å². The summed E-state index contributed by atoms with van der Waals surface area (Å²) in [7, 11) is 0. The van der Waals surface area contributed by atoms with E-state index in [4.69, 9.17) is 4.74 Å². The van der Waals surface area contributed by atoms with Gasteiger partial charge in [-0.2, -0.15) is 5.10 Å². The van der Waals surface area contributed by atoms with Crippen molar-refractivity contribution in [2.45, 2.75) is 18.8 Å². The third-order valence-corrected chi connectivity index (χ3v) is 2.99. The number of fused-ring (bicyclic) bond motifs is 1. The second-order valence-electron chi connectivity index (χ2n) is 4.08. The highest BCUT2D eigenvalue weighted by atomic mass is 16.5. The summed E-state index contributed by atoms with van der Waals surface area (Å²) in [5.74, 6) is 1.02. The zero-order valence-corrected chi connectivity index (χ0v) is 8.85. The van der Waals surface area contributed by atoms with Crippen LogP contribution in [0.15, 0.2) is 23.0 Å². The van der Waals surface area contributed by atoms with E-state index in [9.17, 15) is 4.79 Å². The van der Waals surface area contributed by atoms with Crippen LogP contribution in [0.25, 0.3) is 5.65 Å². The van der Waals surface area contributed by atoms with Gasteiger partial charge in [-0.05, 0) is 18.9 Å². The molecule has 3 rings (SSSR count). The standard InChI is InChI=1S/C11H13N3O2/c15-10-5-1-4-9-12-13-11(14(9)10)8-3-2-6-16-7-8/h1,4-5,8,12H,2-3,6-7H2. The molecule has 84 valence electrons. The Balaban J connectivity index is 2.12. The summed E-state index contributed by atoms with van der Waals surface area (Å²) in [4.78, 5) is 11.8. The molecular weight excluding hydrogens is 206 g/mol. The van der Waals surface area contributed by atoms with Crippen LogP contribution in [0, 0.1) is 0 Å². The van der Waals surface area contributed by atoms with Crippen molar-refractivity contribution in [3.8, 4) is 0 Å². The number of hydrogen-bond donors (Lipinski definition) is 1. The van der Waals surface area contributed by atoms with Gasteiger partial charge in [0.05, 0.1) is 6.61 Å². The Labute approximate surface area is 92.1 Å². The molecule has 0 aromatic carbocycles. The Kier molecular flexibility index (Phi) is 2.25. The highest BCUT2D eigenvalue weighted by molar-refractivity contribution is 5.37. The van der Waals surface area contributed by atoms with Gasteiger partial charge in [0.1, 0.15) is 11.5 Å². The SMILES string of the molecule is O=c1cccc2[nH]nc(C3CCCOC3)n12. The lowest BCUT2D eigenvalue weighted by atomic mass is 10.0. The third kappa shape index (κ3) is 1.44. The maximum Gasteiger partial charge on any atom is 0.257 e. The van der Waals surface area contributed by atoms with E-state index in [0.29, 0.717) is 6.61 Å². The summed E-state index contributed by atoms with van der Waals surface area (Å²) in [6.45, 7) is 1.47. The predicted molar refractivity (Wildman–Crippen MR) is 58.6 cm³/mol. The maximum atomic E-state index is 11.8. The third-order valence-electron chi connectivity index (χ3n) is 2.99. The van der Waals surface area contributed by atoms with Gasteiger partial charge in [0.15, 0.2) is 0 Å². The molecule has 1 aliphatic heterocycles. The van der Waals surface area contributed by atoms with Crippen molar-refractivity contribution in [2.75, 3.05) is 13.2 Å². The number of aromatic amines is 1. The van der Waals surface area contributed by atoms with Crippen molar-refractivity contribution >= 4 is 5.65 Å². The first kappa shape index (κ1) is 9.59. The van der Waals surface area contributed by atoms with Gasteiger partial charge >= 0.3 is 0 Å². The smallest absolute Gasteiger partial charge is 0.257 e. The Morgan fingerprint density at radius 2 is 2.44 bits per heavy atom. The fraction of sp³-hybridized carbons (Fsp3) is 0.455. The number of nitrogens with one attached hydrogen (secondary N) is 1. The molecule has 5 nitrogen and oxygen atoms in total. The van der Waals surface area contributed by atoms with Gasteiger partial charge in [-0.3, -0.25) is 9.89 Å². The molecule has 0 spiro atoms. The second-order valence-corrected chi connectivity index (χ2v) is 4.08. The lowest BCUT2D eigenvalue weighted by molar-refractivity contribution is 0.0777. The minimum atomic E-state index is -0.0353. The minimum absolute atomic E-state index is 0.0353. The zero-order valence-electron chi connectivity index (χ0n) is 8.85. The van der Waals surface area contributed by atoms with E-state index in [2.05, 4.69) is 10.2 Å². The summed E-state index contributed by atoms with van der Waals surface area (Å²) in [5, 5.41) is 7.12. The minimum Gasteiger partial charge on any atom is -0.381 e. The van der Waals surface area contributed by atoms with E-state index in [1.54, 1.807) is 16.5 Å². The van der Waals surface area contributed by atoms with Crippen molar-refractivity contribution < 1.29 is 4.74 Å². The molecule has 0 bridgehead atoms. The van der Waals surface area contributed by atoms with Gasteiger partial charge in [-0.15, -0.1) is 0 Å². The molecule has 5 heteroatoms. The first-order valence-corrected chi connectivity index (χ1v) is 5.50. The summed E-state index contributed by atoms with van der Waals surface area (Å²) in [6, 6.07) is 5.13. The van der Waals surface area contributed by atoms with Crippen LogP contribution in [0.5, 0.6) is 0 Å². The summed E-state index contributed by atoms with van der Waals surface area (Å²) in [5.41, 5.74) is 0.708. The van der Waals surface area contributed by atoms with Crippen LogP contribution in [0.3, 0.4) is 0 Å². The van der Waals surface area contributed by atoms with Gasteiger partial charge < -0.3 is 4.74 Å². The van der Waals surface area contributed by atoms with Gasteiger partial charge in [0.2, 0.25) is 0 Å². The molecule has 1 N–H and O–H groups in total. The lowest BCUT2D eigenvalue weighted by Gasteiger charge is -2.20. The first-order chi connectivity index (χ1) is 7.86. The van der Waals surface area contributed by atoms with Crippen LogP contribution in [-0.2, 0) is 4.74 Å². The zero-order chi connectivity index (χ0) is 11.0.